The fourth-order valence-corrected chi connectivity index (χ4v) is 3.53. The molecule has 6 heteroatoms. The second kappa shape index (κ2) is 8.35. The number of aromatic nitrogens is 2. The van der Waals surface area contributed by atoms with Crippen LogP contribution in [0.25, 0.3) is 11.5 Å². The van der Waals surface area contributed by atoms with Crippen molar-refractivity contribution in [3.63, 3.8) is 0 Å². The first kappa shape index (κ1) is 17.0. The van der Waals surface area contributed by atoms with Crippen LogP contribution in [-0.4, -0.2) is 16.8 Å². The molecule has 4 nitrogen and oxygen atoms in total. The van der Waals surface area contributed by atoms with Crippen LogP contribution in [0.5, 0.6) is 5.75 Å². The highest BCUT2D eigenvalue weighted by Crippen LogP contribution is 2.29. The van der Waals surface area contributed by atoms with Gasteiger partial charge in [-0.05, 0) is 41.1 Å². The normalized spacial score (nSPS) is 10.8. The first-order valence-corrected chi connectivity index (χ1v) is 9.58. The van der Waals surface area contributed by atoms with E-state index < -0.39 is 0 Å². The van der Waals surface area contributed by atoms with Crippen molar-refractivity contribution in [2.24, 2.45) is 0 Å². The molecule has 0 bridgehead atoms. The summed E-state index contributed by atoms with van der Waals surface area (Å²) >= 11 is 5.23. The topological polar surface area (TPSA) is 48.2 Å². The molecule has 0 N–H and O–H groups in total. The van der Waals surface area contributed by atoms with Crippen LogP contribution < -0.4 is 4.74 Å². The Hall–Kier alpha value is -1.79. The maximum atomic E-state index is 5.76. The number of benzene rings is 2. The zero-order valence-corrected chi connectivity index (χ0v) is 15.6. The van der Waals surface area contributed by atoms with Crippen molar-refractivity contribution in [2.75, 3.05) is 6.61 Å². The fraction of sp³-hybridized carbons (Fsp3) is 0.222. The lowest BCUT2D eigenvalue weighted by Gasteiger charge is -2.08. The third-order valence-corrected chi connectivity index (χ3v) is 4.98. The lowest BCUT2D eigenvalue weighted by Crippen LogP contribution is -1.95. The van der Waals surface area contributed by atoms with Gasteiger partial charge in [-0.1, -0.05) is 30.3 Å². The molecule has 0 atom stereocenters. The van der Waals surface area contributed by atoms with Gasteiger partial charge in [0, 0.05) is 15.8 Å². The van der Waals surface area contributed by atoms with Gasteiger partial charge in [-0.3, -0.25) is 0 Å². The van der Waals surface area contributed by atoms with Crippen LogP contribution in [0.3, 0.4) is 0 Å². The van der Waals surface area contributed by atoms with Gasteiger partial charge < -0.3 is 9.15 Å². The van der Waals surface area contributed by atoms with Crippen molar-refractivity contribution in [3.8, 4) is 17.2 Å². The Labute approximate surface area is 153 Å². The molecule has 3 rings (SSSR count). The number of ether oxygens (including phenoxy) is 1. The maximum Gasteiger partial charge on any atom is 0.248 e. The summed E-state index contributed by atoms with van der Waals surface area (Å²) in [4.78, 5) is 0. The van der Waals surface area contributed by atoms with Crippen LogP contribution >= 0.6 is 27.7 Å². The van der Waals surface area contributed by atoms with Crippen LogP contribution in [0.4, 0.5) is 0 Å². The van der Waals surface area contributed by atoms with Gasteiger partial charge in [-0.15, -0.1) is 22.0 Å². The number of hydrogen-bond donors (Lipinski definition) is 0. The van der Waals surface area contributed by atoms with Crippen molar-refractivity contribution < 1.29 is 9.15 Å². The molecule has 0 fully saturated rings. The molecule has 24 heavy (non-hydrogen) atoms. The van der Waals surface area contributed by atoms with Gasteiger partial charge in [0.2, 0.25) is 11.8 Å². The predicted molar refractivity (Wildman–Crippen MR) is 100 cm³/mol. The minimum atomic E-state index is 0.535. The molecule has 0 radical (unpaired) electrons. The van der Waals surface area contributed by atoms with E-state index in [2.05, 4.69) is 32.2 Å². The lowest BCUT2D eigenvalue weighted by atomic mass is 10.2. The second-order valence-electron chi connectivity index (χ2n) is 5.01. The number of para-hydroxylation sites is 1. The van der Waals surface area contributed by atoms with E-state index in [0.717, 1.165) is 21.5 Å². The fourth-order valence-electron chi connectivity index (χ4n) is 2.22. The average molecular weight is 405 g/mol. The van der Waals surface area contributed by atoms with Crippen LogP contribution in [-0.2, 0) is 11.5 Å². The Morgan fingerprint density at radius 3 is 2.67 bits per heavy atom. The highest BCUT2D eigenvalue weighted by molar-refractivity contribution is 9.10. The van der Waals surface area contributed by atoms with Gasteiger partial charge in [0.05, 0.1) is 17.9 Å². The summed E-state index contributed by atoms with van der Waals surface area (Å²) in [5, 5.41) is 8.27. The van der Waals surface area contributed by atoms with E-state index in [0.29, 0.717) is 24.1 Å². The van der Waals surface area contributed by atoms with Crippen molar-refractivity contribution >= 4 is 27.7 Å². The van der Waals surface area contributed by atoms with E-state index >= 15 is 0 Å². The molecule has 0 saturated carbocycles. The zero-order valence-electron chi connectivity index (χ0n) is 13.2. The average Bonchev–Trinajstić information content (AvgIpc) is 3.06. The minimum Gasteiger partial charge on any atom is -0.494 e. The maximum absolute atomic E-state index is 5.76. The standard InChI is InChI=1S/C18H17BrN2O2S/c1-2-22-16-10-6-3-7-13(16)11-24-12-17-20-21-18(23-17)14-8-4-5-9-15(14)19/h3-10H,2,11-12H2,1H3. The summed E-state index contributed by atoms with van der Waals surface area (Å²) in [5.41, 5.74) is 2.08. The summed E-state index contributed by atoms with van der Waals surface area (Å²) < 4.78 is 12.3. The first-order valence-electron chi connectivity index (χ1n) is 7.63. The minimum absolute atomic E-state index is 0.535. The molecule has 0 aliphatic heterocycles. The molecule has 0 aliphatic carbocycles. The van der Waals surface area contributed by atoms with Crippen molar-refractivity contribution in [1.82, 2.24) is 10.2 Å². The number of hydrogen-bond acceptors (Lipinski definition) is 5. The van der Waals surface area contributed by atoms with E-state index in [4.69, 9.17) is 9.15 Å². The molecule has 0 unspecified atom stereocenters. The third-order valence-electron chi connectivity index (χ3n) is 3.33. The van der Waals surface area contributed by atoms with E-state index in [1.54, 1.807) is 11.8 Å². The number of nitrogens with zero attached hydrogens (tertiary/aromatic N) is 2. The molecule has 0 spiro atoms. The molecule has 124 valence electrons. The van der Waals surface area contributed by atoms with Crippen molar-refractivity contribution in [3.05, 3.63) is 64.5 Å². The van der Waals surface area contributed by atoms with Gasteiger partial charge in [-0.25, -0.2) is 0 Å². The predicted octanol–water partition coefficient (Wildman–Crippen LogP) is 5.33. The molecular formula is C18H17BrN2O2S. The molecule has 1 heterocycles. The zero-order chi connectivity index (χ0) is 16.8. The quantitative estimate of drug-likeness (QED) is 0.532. The summed E-state index contributed by atoms with van der Waals surface area (Å²) in [6, 6.07) is 15.9. The first-order chi connectivity index (χ1) is 11.8. The number of thioether (sulfide) groups is 1. The van der Waals surface area contributed by atoms with Gasteiger partial charge >= 0.3 is 0 Å². The van der Waals surface area contributed by atoms with Crippen molar-refractivity contribution in [2.45, 2.75) is 18.4 Å². The Kier molecular flexibility index (Phi) is 5.93. The Bertz CT molecular complexity index is 807. The van der Waals surface area contributed by atoms with E-state index in [1.807, 2.05) is 49.4 Å². The van der Waals surface area contributed by atoms with Crippen LogP contribution in [0.1, 0.15) is 18.4 Å². The van der Waals surface area contributed by atoms with Gasteiger partial charge in [0.25, 0.3) is 0 Å². The molecular weight excluding hydrogens is 388 g/mol. The smallest absolute Gasteiger partial charge is 0.248 e. The highest BCUT2D eigenvalue weighted by atomic mass is 79.9. The van der Waals surface area contributed by atoms with Crippen LogP contribution in [0.2, 0.25) is 0 Å². The highest BCUT2D eigenvalue weighted by Gasteiger charge is 2.11. The monoisotopic (exact) mass is 404 g/mol. The Morgan fingerprint density at radius 2 is 1.83 bits per heavy atom. The summed E-state index contributed by atoms with van der Waals surface area (Å²) in [7, 11) is 0. The molecule has 2 aromatic carbocycles. The van der Waals surface area contributed by atoms with Gasteiger partial charge in [0.15, 0.2) is 0 Å². The van der Waals surface area contributed by atoms with Crippen LogP contribution in [0.15, 0.2) is 57.4 Å². The third kappa shape index (κ3) is 4.19. The lowest BCUT2D eigenvalue weighted by molar-refractivity contribution is 0.337. The second-order valence-corrected chi connectivity index (χ2v) is 6.85. The largest absolute Gasteiger partial charge is 0.494 e. The van der Waals surface area contributed by atoms with Gasteiger partial charge in [0.1, 0.15) is 5.75 Å². The Balaban J connectivity index is 1.61. The van der Waals surface area contributed by atoms with E-state index in [-0.39, 0.29) is 0 Å². The summed E-state index contributed by atoms with van der Waals surface area (Å²) in [6.45, 7) is 2.66. The van der Waals surface area contributed by atoms with E-state index in [9.17, 15) is 0 Å². The SMILES string of the molecule is CCOc1ccccc1CSCc1nnc(-c2ccccc2Br)o1. The molecule has 1 aromatic heterocycles. The number of rotatable bonds is 7. The van der Waals surface area contributed by atoms with Crippen LogP contribution in [0, 0.1) is 0 Å². The molecule has 0 aliphatic rings. The van der Waals surface area contributed by atoms with Crippen molar-refractivity contribution in [1.29, 1.82) is 0 Å². The molecule has 0 amide bonds. The number of halogens is 1. The summed E-state index contributed by atoms with van der Waals surface area (Å²) in [6.07, 6.45) is 0. The molecule has 0 saturated heterocycles. The Morgan fingerprint density at radius 1 is 1.04 bits per heavy atom. The molecule has 3 aromatic rings. The summed E-state index contributed by atoms with van der Waals surface area (Å²) in [5.74, 6) is 3.60. The van der Waals surface area contributed by atoms with Gasteiger partial charge in [-0.2, -0.15) is 0 Å². The van der Waals surface area contributed by atoms with E-state index in [1.165, 1.54) is 5.56 Å².